The summed E-state index contributed by atoms with van der Waals surface area (Å²) in [5.41, 5.74) is 7.34. The number of nitrogens with two attached hydrogens (primary N) is 1. The lowest BCUT2D eigenvalue weighted by atomic mass is 10.1. The third-order valence-electron chi connectivity index (χ3n) is 3.42. The molecule has 3 N–H and O–H groups in total. The molecule has 0 fully saturated rings. The minimum atomic E-state index is -0.285. The number of hydrogen-bond acceptors (Lipinski definition) is 3. The minimum Gasteiger partial charge on any atom is -0.467 e. The molecule has 1 heterocycles. The average Bonchev–Trinajstić information content (AvgIpc) is 2.46. The molecule has 0 aromatic heterocycles. The van der Waals surface area contributed by atoms with Crippen molar-refractivity contribution < 1.29 is 13.9 Å². The van der Waals surface area contributed by atoms with E-state index in [1.54, 1.807) is 0 Å². The van der Waals surface area contributed by atoms with E-state index in [-0.39, 0.29) is 18.7 Å². The summed E-state index contributed by atoms with van der Waals surface area (Å²) in [4.78, 5) is 4.26. The second-order valence-corrected chi connectivity index (χ2v) is 5.13. The van der Waals surface area contributed by atoms with Crippen molar-refractivity contribution in [1.29, 1.82) is 0 Å². The maximum atomic E-state index is 13.6. The Hall–Kier alpha value is -1.82. The van der Waals surface area contributed by atoms with Crippen molar-refractivity contribution in [2.75, 3.05) is 13.3 Å². The number of aliphatic imine (C=N–C) groups is 1. The van der Waals surface area contributed by atoms with Gasteiger partial charge in [-0.25, -0.2) is 4.39 Å². The van der Waals surface area contributed by atoms with E-state index in [1.165, 1.54) is 12.1 Å². The van der Waals surface area contributed by atoms with Gasteiger partial charge in [-0.3, -0.25) is 4.99 Å². The maximum Gasteiger partial charge on any atom is 0.189 e. The van der Waals surface area contributed by atoms with Crippen LogP contribution in [0.5, 0.6) is 5.75 Å². The molecule has 1 aromatic carbocycles. The van der Waals surface area contributed by atoms with Gasteiger partial charge in [-0.15, -0.1) is 0 Å². The van der Waals surface area contributed by atoms with E-state index in [2.05, 4.69) is 17.2 Å². The SMILES string of the molecule is CCC(C)NC(N)=NCCc1cc(F)cc2c1OCOC2. The molecule has 1 unspecified atom stereocenters. The van der Waals surface area contributed by atoms with E-state index in [1.807, 2.05) is 6.92 Å². The van der Waals surface area contributed by atoms with Crippen molar-refractivity contribution in [1.82, 2.24) is 5.32 Å². The van der Waals surface area contributed by atoms with Crippen molar-refractivity contribution >= 4 is 5.96 Å². The zero-order chi connectivity index (χ0) is 15.2. The van der Waals surface area contributed by atoms with Gasteiger partial charge in [0.05, 0.1) is 6.61 Å². The molecule has 0 spiro atoms. The number of halogens is 1. The molecule has 2 rings (SSSR count). The Morgan fingerprint density at radius 2 is 2.33 bits per heavy atom. The third-order valence-corrected chi connectivity index (χ3v) is 3.42. The van der Waals surface area contributed by atoms with Crippen LogP contribution in [0.25, 0.3) is 0 Å². The number of nitrogens with one attached hydrogen (secondary N) is 1. The van der Waals surface area contributed by atoms with Crippen LogP contribution in [0.15, 0.2) is 17.1 Å². The normalized spacial score (nSPS) is 16.0. The Bertz CT molecular complexity index is 520. The highest BCUT2D eigenvalue weighted by molar-refractivity contribution is 5.78. The summed E-state index contributed by atoms with van der Waals surface area (Å²) in [6, 6.07) is 3.22. The van der Waals surface area contributed by atoms with Crippen LogP contribution in [0, 0.1) is 5.82 Å². The topological polar surface area (TPSA) is 68.9 Å². The van der Waals surface area contributed by atoms with Crippen LogP contribution in [0.2, 0.25) is 0 Å². The predicted molar refractivity (Wildman–Crippen MR) is 79.8 cm³/mol. The Kier molecular flexibility index (Phi) is 5.38. The van der Waals surface area contributed by atoms with E-state index in [0.717, 1.165) is 17.5 Å². The molecule has 6 heteroatoms. The van der Waals surface area contributed by atoms with Crippen LogP contribution in [-0.2, 0) is 17.8 Å². The van der Waals surface area contributed by atoms with Crippen molar-refractivity contribution in [2.24, 2.45) is 10.7 Å². The fraction of sp³-hybridized carbons (Fsp3) is 0.533. The lowest BCUT2D eigenvalue weighted by Gasteiger charge is -2.20. The molecule has 0 amide bonds. The maximum absolute atomic E-state index is 13.6. The van der Waals surface area contributed by atoms with Crippen LogP contribution >= 0.6 is 0 Å². The second kappa shape index (κ2) is 7.26. The van der Waals surface area contributed by atoms with Crippen molar-refractivity contribution in [3.8, 4) is 5.75 Å². The van der Waals surface area contributed by atoms with Crippen LogP contribution in [-0.4, -0.2) is 25.3 Å². The summed E-state index contributed by atoms with van der Waals surface area (Å²) in [7, 11) is 0. The Morgan fingerprint density at radius 3 is 3.10 bits per heavy atom. The zero-order valence-corrected chi connectivity index (χ0v) is 12.5. The molecule has 1 aliphatic rings. The van der Waals surface area contributed by atoms with Gasteiger partial charge in [-0.05, 0) is 37.5 Å². The summed E-state index contributed by atoms with van der Waals surface area (Å²) in [6.45, 7) is 5.17. The van der Waals surface area contributed by atoms with Gasteiger partial charge in [-0.1, -0.05) is 6.92 Å². The smallest absolute Gasteiger partial charge is 0.189 e. The molecular formula is C15H22FN3O2. The van der Waals surface area contributed by atoms with Gasteiger partial charge < -0.3 is 20.5 Å². The molecule has 0 radical (unpaired) electrons. The van der Waals surface area contributed by atoms with Gasteiger partial charge in [0, 0.05) is 18.2 Å². The Morgan fingerprint density at radius 1 is 1.52 bits per heavy atom. The number of guanidine groups is 1. The van der Waals surface area contributed by atoms with Gasteiger partial charge in [-0.2, -0.15) is 0 Å². The highest BCUT2D eigenvalue weighted by Crippen LogP contribution is 2.29. The molecular weight excluding hydrogens is 273 g/mol. The average molecular weight is 295 g/mol. The monoisotopic (exact) mass is 295 g/mol. The lowest BCUT2D eigenvalue weighted by molar-refractivity contribution is -0.0172. The number of hydrogen-bond donors (Lipinski definition) is 2. The Balaban J connectivity index is 2.00. The molecule has 21 heavy (non-hydrogen) atoms. The molecule has 0 saturated carbocycles. The molecule has 116 valence electrons. The van der Waals surface area contributed by atoms with Crippen LogP contribution in [0.4, 0.5) is 4.39 Å². The van der Waals surface area contributed by atoms with Crippen LogP contribution < -0.4 is 15.8 Å². The van der Waals surface area contributed by atoms with E-state index < -0.39 is 0 Å². The van der Waals surface area contributed by atoms with Crippen LogP contribution in [0.3, 0.4) is 0 Å². The first-order chi connectivity index (χ1) is 10.1. The van der Waals surface area contributed by atoms with Gasteiger partial charge in [0.15, 0.2) is 12.8 Å². The lowest BCUT2D eigenvalue weighted by Crippen LogP contribution is -2.38. The van der Waals surface area contributed by atoms with E-state index >= 15 is 0 Å². The predicted octanol–water partition coefficient (Wildman–Crippen LogP) is 1.94. The molecule has 0 saturated heterocycles. The highest BCUT2D eigenvalue weighted by atomic mass is 19.1. The standard InChI is InChI=1S/C15H22FN3O2/c1-3-10(2)19-15(17)18-5-4-11-6-13(16)7-12-8-20-9-21-14(11)12/h6-7,10H,3-5,8-9H2,1-2H3,(H3,17,18,19). The van der Waals surface area contributed by atoms with E-state index in [0.29, 0.717) is 31.3 Å². The minimum absolute atomic E-state index is 0.201. The number of rotatable bonds is 5. The molecule has 0 aliphatic carbocycles. The van der Waals surface area contributed by atoms with E-state index in [4.69, 9.17) is 15.2 Å². The van der Waals surface area contributed by atoms with Gasteiger partial charge in [0.2, 0.25) is 0 Å². The first-order valence-corrected chi connectivity index (χ1v) is 7.18. The van der Waals surface area contributed by atoms with Crippen molar-refractivity contribution in [2.45, 2.75) is 39.3 Å². The summed E-state index contributed by atoms with van der Waals surface area (Å²) in [6.07, 6.45) is 1.55. The number of fused-ring (bicyclic) bond motifs is 1. The van der Waals surface area contributed by atoms with Gasteiger partial charge >= 0.3 is 0 Å². The first-order valence-electron chi connectivity index (χ1n) is 7.18. The van der Waals surface area contributed by atoms with Crippen molar-refractivity contribution in [3.63, 3.8) is 0 Å². The third kappa shape index (κ3) is 4.32. The quantitative estimate of drug-likeness (QED) is 0.643. The molecule has 1 aliphatic heterocycles. The van der Waals surface area contributed by atoms with Gasteiger partial charge in [0.25, 0.3) is 0 Å². The Labute approximate surface area is 124 Å². The summed E-state index contributed by atoms with van der Waals surface area (Å²) in [5, 5.41) is 3.09. The van der Waals surface area contributed by atoms with Crippen LogP contribution in [0.1, 0.15) is 31.4 Å². The molecule has 1 aromatic rings. The zero-order valence-electron chi connectivity index (χ0n) is 12.5. The summed E-state index contributed by atoms with van der Waals surface area (Å²) in [5.74, 6) is 0.845. The fourth-order valence-electron chi connectivity index (χ4n) is 2.14. The van der Waals surface area contributed by atoms with E-state index in [9.17, 15) is 4.39 Å². The summed E-state index contributed by atoms with van der Waals surface area (Å²) < 4.78 is 24.2. The molecule has 0 bridgehead atoms. The molecule has 5 nitrogen and oxygen atoms in total. The summed E-state index contributed by atoms with van der Waals surface area (Å²) >= 11 is 0. The van der Waals surface area contributed by atoms with Gasteiger partial charge in [0.1, 0.15) is 11.6 Å². The van der Waals surface area contributed by atoms with Crippen molar-refractivity contribution in [3.05, 3.63) is 29.1 Å². The first kappa shape index (κ1) is 15.6. The number of ether oxygens (including phenoxy) is 2. The second-order valence-electron chi connectivity index (χ2n) is 5.13. The highest BCUT2D eigenvalue weighted by Gasteiger charge is 2.16. The molecule has 1 atom stereocenters. The number of benzene rings is 1. The largest absolute Gasteiger partial charge is 0.467 e. The number of nitrogens with zero attached hydrogens (tertiary/aromatic N) is 1. The fourth-order valence-corrected chi connectivity index (χ4v) is 2.14.